The van der Waals surface area contributed by atoms with E-state index in [9.17, 15) is 4.79 Å². The third-order valence-electron chi connectivity index (χ3n) is 3.25. The Labute approximate surface area is 118 Å². The molecule has 1 fully saturated rings. The Kier molecular flexibility index (Phi) is 5.05. The van der Waals surface area contributed by atoms with Gasteiger partial charge < -0.3 is 15.8 Å². The van der Waals surface area contributed by atoms with Crippen LogP contribution < -0.4 is 11.1 Å². The van der Waals surface area contributed by atoms with Crippen molar-refractivity contribution in [3.63, 3.8) is 0 Å². The predicted molar refractivity (Wildman–Crippen MR) is 77.3 cm³/mol. The normalized spacial score (nSPS) is 15.6. The molecule has 0 heterocycles. The lowest BCUT2D eigenvalue weighted by Crippen LogP contribution is -2.17. The minimum absolute atomic E-state index is 0.0929. The molecule has 2 rings (SSSR count). The summed E-state index contributed by atoms with van der Waals surface area (Å²) in [6.45, 7) is 0.461. The highest BCUT2D eigenvalue weighted by Crippen LogP contribution is 2.24. The zero-order chi connectivity index (χ0) is 13.7. The first-order chi connectivity index (χ1) is 9.15. The molecule has 1 aromatic rings. The zero-order valence-electron chi connectivity index (χ0n) is 10.8. The molecule has 1 aromatic carbocycles. The van der Waals surface area contributed by atoms with Crippen molar-refractivity contribution < 1.29 is 9.53 Å². The van der Waals surface area contributed by atoms with Crippen molar-refractivity contribution in [2.75, 3.05) is 17.7 Å². The molecule has 5 heteroatoms. The summed E-state index contributed by atoms with van der Waals surface area (Å²) >= 11 is 5.99. The SMILES string of the molecule is Nc1ccc(NC(=O)CCOC2CCCC2)c(Cl)c1. The smallest absolute Gasteiger partial charge is 0.226 e. The van der Waals surface area contributed by atoms with Crippen LogP contribution >= 0.6 is 11.6 Å². The Morgan fingerprint density at radius 2 is 2.16 bits per heavy atom. The second-order valence-corrected chi connectivity index (χ2v) is 5.22. The van der Waals surface area contributed by atoms with E-state index in [0.29, 0.717) is 35.5 Å². The Morgan fingerprint density at radius 1 is 1.42 bits per heavy atom. The Bertz CT molecular complexity index is 445. The van der Waals surface area contributed by atoms with Crippen LogP contribution in [0.3, 0.4) is 0 Å². The highest BCUT2D eigenvalue weighted by atomic mass is 35.5. The molecule has 1 amide bonds. The van der Waals surface area contributed by atoms with Gasteiger partial charge in [0.25, 0.3) is 0 Å². The number of amides is 1. The number of carbonyl (C=O) groups excluding carboxylic acids is 1. The van der Waals surface area contributed by atoms with Crippen LogP contribution in [-0.2, 0) is 9.53 Å². The van der Waals surface area contributed by atoms with Gasteiger partial charge in [0.15, 0.2) is 0 Å². The van der Waals surface area contributed by atoms with E-state index in [-0.39, 0.29) is 5.91 Å². The van der Waals surface area contributed by atoms with Gasteiger partial charge in [0.1, 0.15) is 0 Å². The lowest BCUT2D eigenvalue weighted by atomic mass is 10.2. The van der Waals surface area contributed by atoms with E-state index >= 15 is 0 Å². The maximum atomic E-state index is 11.7. The number of benzene rings is 1. The van der Waals surface area contributed by atoms with Gasteiger partial charge in [-0.2, -0.15) is 0 Å². The number of hydrogen-bond acceptors (Lipinski definition) is 3. The van der Waals surface area contributed by atoms with Crippen LogP contribution in [0.25, 0.3) is 0 Å². The Balaban J connectivity index is 1.74. The number of rotatable bonds is 5. The van der Waals surface area contributed by atoms with Gasteiger partial charge in [-0.1, -0.05) is 24.4 Å². The summed E-state index contributed by atoms with van der Waals surface area (Å²) in [6.07, 6.45) is 5.39. The average Bonchev–Trinajstić information content (AvgIpc) is 2.86. The molecule has 1 saturated carbocycles. The fourth-order valence-electron chi connectivity index (χ4n) is 2.22. The van der Waals surface area contributed by atoms with Crippen molar-refractivity contribution in [2.45, 2.75) is 38.2 Å². The van der Waals surface area contributed by atoms with Crippen LogP contribution in [0.15, 0.2) is 18.2 Å². The summed E-state index contributed by atoms with van der Waals surface area (Å²) in [5, 5.41) is 3.21. The van der Waals surface area contributed by atoms with Crippen molar-refractivity contribution in [1.82, 2.24) is 0 Å². The van der Waals surface area contributed by atoms with Gasteiger partial charge in [0.2, 0.25) is 5.91 Å². The molecule has 0 bridgehead atoms. The minimum atomic E-state index is -0.0929. The zero-order valence-corrected chi connectivity index (χ0v) is 11.6. The first kappa shape index (κ1) is 14.2. The van der Waals surface area contributed by atoms with Crippen LogP contribution in [-0.4, -0.2) is 18.6 Å². The van der Waals surface area contributed by atoms with E-state index in [1.54, 1.807) is 18.2 Å². The second-order valence-electron chi connectivity index (χ2n) is 4.81. The van der Waals surface area contributed by atoms with Crippen LogP contribution in [0.4, 0.5) is 11.4 Å². The van der Waals surface area contributed by atoms with Gasteiger partial charge in [-0.15, -0.1) is 0 Å². The highest BCUT2D eigenvalue weighted by molar-refractivity contribution is 6.34. The molecule has 104 valence electrons. The van der Waals surface area contributed by atoms with Crippen molar-refractivity contribution in [3.8, 4) is 0 Å². The van der Waals surface area contributed by atoms with E-state index in [0.717, 1.165) is 12.8 Å². The lowest BCUT2D eigenvalue weighted by Gasteiger charge is -2.11. The molecule has 0 atom stereocenters. The van der Waals surface area contributed by atoms with E-state index in [1.165, 1.54) is 12.8 Å². The number of ether oxygens (including phenoxy) is 1. The number of halogens is 1. The van der Waals surface area contributed by atoms with Gasteiger partial charge >= 0.3 is 0 Å². The number of carbonyl (C=O) groups is 1. The summed E-state index contributed by atoms with van der Waals surface area (Å²) in [6, 6.07) is 5.02. The first-order valence-corrected chi connectivity index (χ1v) is 6.99. The molecule has 0 aliphatic heterocycles. The highest BCUT2D eigenvalue weighted by Gasteiger charge is 2.15. The fraction of sp³-hybridized carbons (Fsp3) is 0.500. The standard InChI is InChI=1S/C14H19ClN2O2/c15-12-9-10(16)5-6-13(12)17-14(18)7-8-19-11-3-1-2-4-11/h5-6,9,11H,1-4,7-8,16H2,(H,17,18). The van der Waals surface area contributed by atoms with Crippen LogP contribution in [0.1, 0.15) is 32.1 Å². The van der Waals surface area contributed by atoms with Gasteiger partial charge in [-0.3, -0.25) is 4.79 Å². The first-order valence-electron chi connectivity index (χ1n) is 6.61. The van der Waals surface area contributed by atoms with Gasteiger partial charge in [0, 0.05) is 5.69 Å². The minimum Gasteiger partial charge on any atom is -0.399 e. The van der Waals surface area contributed by atoms with Crippen molar-refractivity contribution in [2.24, 2.45) is 0 Å². The van der Waals surface area contributed by atoms with E-state index in [2.05, 4.69) is 5.32 Å². The van der Waals surface area contributed by atoms with E-state index < -0.39 is 0 Å². The third kappa shape index (κ3) is 4.40. The molecule has 0 radical (unpaired) electrons. The van der Waals surface area contributed by atoms with Crippen LogP contribution in [0, 0.1) is 0 Å². The van der Waals surface area contributed by atoms with Crippen molar-refractivity contribution >= 4 is 28.9 Å². The molecule has 19 heavy (non-hydrogen) atoms. The van der Waals surface area contributed by atoms with Crippen LogP contribution in [0.5, 0.6) is 0 Å². The Morgan fingerprint density at radius 3 is 2.84 bits per heavy atom. The van der Waals surface area contributed by atoms with Gasteiger partial charge in [0.05, 0.1) is 29.8 Å². The summed E-state index contributed by atoms with van der Waals surface area (Å²) in [7, 11) is 0. The number of nitrogens with one attached hydrogen (secondary N) is 1. The summed E-state index contributed by atoms with van der Waals surface area (Å²) in [5.74, 6) is -0.0929. The van der Waals surface area contributed by atoms with Crippen LogP contribution in [0.2, 0.25) is 5.02 Å². The van der Waals surface area contributed by atoms with Crippen molar-refractivity contribution in [1.29, 1.82) is 0 Å². The van der Waals surface area contributed by atoms with E-state index in [1.807, 2.05) is 0 Å². The molecule has 0 aromatic heterocycles. The fourth-order valence-corrected chi connectivity index (χ4v) is 2.45. The van der Waals surface area contributed by atoms with E-state index in [4.69, 9.17) is 22.1 Å². The number of anilines is 2. The molecule has 0 spiro atoms. The summed E-state index contributed by atoms with van der Waals surface area (Å²) in [5.41, 5.74) is 6.75. The molecule has 1 aliphatic carbocycles. The molecule has 3 N–H and O–H groups in total. The number of hydrogen-bond donors (Lipinski definition) is 2. The molecular formula is C14H19ClN2O2. The van der Waals surface area contributed by atoms with Gasteiger partial charge in [-0.05, 0) is 31.0 Å². The molecular weight excluding hydrogens is 264 g/mol. The Hall–Kier alpha value is -1.26. The van der Waals surface area contributed by atoms with Crippen molar-refractivity contribution in [3.05, 3.63) is 23.2 Å². The molecule has 1 aliphatic rings. The topological polar surface area (TPSA) is 64.3 Å². The third-order valence-corrected chi connectivity index (χ3v) is 3.56. The maximum absolute atomic E-state index is 11.7. The molecule has 4 nitrogen and oxygen atoms in total. The summed E-state index contributed by atoms with van der Waals surface area (Å²) in [4.78, 5) is 11.7. The van der Waals surface area contributed by atoms with Gasteiger partial charge in [-0.25, -0.2) is 0 Å². The number of nitrogens with two attached hydrogens (primary N) is 1. The lowest BCUT2D eigenvalue weighted by molar-refractivity contribution is -0.117. The monoisotopic (exact) mass is 282 g/mol. The second kappa shape index (κ2) is 6.78. The maximum Gasteiger partial charge on any atom is 0.226 e. The largest absolute Gasteiger partial charge is 0.399 e. The quantitative estimate of drug-likeness (QED) is 0.815. The predicted octanol–water partition coefficient (Wildman–Crippen LogP) is 3.21. The number of nitrogen functional groups attached to an aromatic ring is 1. The molecule has 0 saturated heterocycles. The average molecular weight is 283 g/mol. The summed E-state index contributed by atoms with van der Waals surface area (Å²) < 4.78 is 5.65. The molecule has 0 unspecified atom stereocenters.